The Hall–Kier alpha value is -2.64. The van der Waals surface area contributed by atoms with Crippen LogP contribution in [0.3, 0.4) is 0 Å². The van der Waals surface area contributed by atoms with Crippen LogP contribution in [0, 0.1) is 0 Å². The molecule has 1 saturated heterocycles. The average Bonchev–Trinajstić information content (AvgIpc) is 2.71. The lowest BCUT2D eigenvalue weighted by atomic mass is 10.0. The Kier molecular flexibility index (Phi) is 7.06. The van der Waals surface area contributed by atoms with E-state index in [4.69, 9.17) is 9.84 Å². The summed E-state index contributed by atoms with van der Waals surface area (Å²) < 4.78 is 5.78. The number of carbonyl (C=O) groups is 2. The summed E-state index contributed by atoms with van der Waals surface area (Å²) in [6.45, 7) is 7.03. The van der Waals surface area contributed by atoms with Gasteiger partial charge < -0.3 is 20.1 Å². The summed E-state index contributed by atoms with van der Waals surface area (Å²) in [5.41, 5.74) is 0.469. The van der Waals surface area contributed by atoms with Crippen LogP contribution < -0.4 is 10.1 Å². The minimum Gasteiger partial charge on any atom is -0.483 e. The zero-order chi connectivity index (χ0) is 20.8. The van der Waals surface area contributed by atoms with E-state index in [0.29, 0.717) is 30.9 Å². The summed E-state index contributed by atoms with van der Waals surface area (Å²) in [5, 5.41) is 13.8. The molecule has 1 aliphatic rings. The zero-order valence-electron chi connectivity index (χ0n) is 17.1. The Balaban J connectivity index is 1.81. The van der Waals surface area contributed by atoms with Crippen LogP contribution in [-0.2, 0) is 4.79 Å². The van der Waals surface area contributed by atoms with Crippen molar-refractivity contribution in [3.05, 3.63) is 42.0 Å². The summed E-state index contributed by atoms with van der Waals surface area (Å²) in [5.74, 6) is 0.105. The molecular weight excluding hydrogens is 370 g/mol. The molecule has 0 radical (unpaired) electrons. The second-order valence-corrected chi connectivity index (χ2v) is 7.56. The summed E-state index contributed by atoms with van der Waals surface area (Å²) in [6.07, 6.45) is 0. The van der Waals surface area contributed by atoms with Crippen molar-refractivity contribution in [3.8, 4) is 5.75 Å². The molecule has 1 fully saturated rings. The van der Waals surface area contributed by atoms with E-state index in [1.54, 1.807) is 4.90 Å². The molecule has 29 heavy (non-hydrogen) atoms. The van der Waals surface area contributed by atoms with Gasteiger partial charge in [0.25, 0.3) is 11.8 Å². The van der Waals surface area contributed by atoms with Crippen LogP contribution in [0.4, 0.5) is 0 Å². The number of fused-ring (bicyclic) bond motifs is 1. The third kappa shape index (κ3) is 5.46. The number of hydrogen-bond donors (Lipinski definition) is 2. The molecule has 2 aromatic rings. The number of aliphatic hydroxyl groups excluding tert-OH is 1. The lowest BCUT2D eigenvalue weighted by molar-refractivity contribution is -0.123. The molecule has 0 aliphatic carbocycles. The number of amides is 2. The van der Waals surface area contributed by atoms with E-state index in [1.807, 2.05) is 50.2 Å². The SMILES string of the molecule is CC(C)NC(=O)COc1cc2ccccc2cc1C(=O)N1CCN(CCO)CC1. The topological polar surface area (TPSA) is 82.1 Å². The third-order valence-electron chi connectivity index (χ3n) is 4.96. The molecular formula is C22H29N3O4. The van der Waals surface area contributed by atoms with Crippen molar-refractivity contribution in [1.82, 2.24) is 15.1 Å². The number of rotatable bonds is 7. The van der Waals surface area contributed by atoms with E-state index in [9.17, 15) is 9.59 Å². The number of carbonyl (C=O) groups excluding carboxylic acids is 2. The summed E-state index contributed by atoms with van der Waals surface area (Å²) in [6, 6.07) is 11.5. The molecule has 156 valence electrons. The Morgan fingerprint density at radius 3 is 2.38 bits per heavy atom. The Bertz CT molecular complexity index is 860. The molecule has 0 spiro atoms. The maximum absolute atomic E-state index is 13.2. The number of ether oxygens (including phenoxy) is 1. The maximum atomic E-state index is 13.2. The second kappa shape index (κ2) is 9.71. The molecule has 7 heteroatoms. The highest BCUT2D eigenvalue weighted by Crippen LogP contribution is 2.28. The highest BCUT2D eigenvalue weighted by Gasteiger charge is 2.25. The van der Waals surface area contributed by atoms with Gasteiger partial charge in [0, 0.05) is 38.8 Å². The van der Waals surface area contributed by atoms with E-state index >= 15 is 0 Å². The highest BCUT2D eigenvalue weighted by molar-refractivity contribution is 6.01. The van der Waals surface area contributed by atoms with Crippen molar-refractivity contribution in [2.75, 3.05) is 45.9 Å². The number of hydrogen-bond acceptors (Lipinski definition) is 5. The quantitative estimate of drug-likeness (QED) is 0.737. The summed E-state index contributed by atoms with van der Waals surface area (Å²) >= 11 is 0. The predicted octanol–water partition coefficient (Wildman–Crippen LogP) is 1.49. The van der Waals surface area contributed by atoms with Gasteiger partial charge in [-0.25, -0.2) is 0 Å². The maximum Gasteiger partial charge on any atom is 0.258 e. The Morgan fingerprint density at radius 1 is 1.10 bits per heavy atom. The van der Waals surface area contributed by atoms with Gasteiger partial charge in [0.1, 0.15) is 5.75 Å². The fraction of sp³-hybridized carbons (Fsp3) is 0.455. The first-order valence-electron chi connectivity index (χ1n) is 10.1. The van der Waals surface area contributed by atoms with Gasteiger partial charge in [-0.1, -0.05) is 24.3 Å². The predicted molar refractivity (Wildman–Crippen MR) is 112 cm³/mol. The molecule has 7 nitrogen and oxygen atoms in total. The van der Waals surface area contributed by atoms with Gasteiger partial charge in [0.2, 0.25) is 0 Å². The molecule has 2 N–H and O–H groups in total. The van der Waals surface area contributed by atoms with Crippen LogP contribution in [0.5, 0.6) is 5.75 Å². The van der Waals surface area contributed by atoms with E-state index in [1.165, 1.54) is 0 Å². The fourth-order valence-corrected chi connectivity index (χ4v) is 3.50. The van der Waals surface area contributed by atoms with E-state index in [2.05, 4.69) is 10.2 Å². The average molecular weight is 399 g/mol. The molecule has 1 aliphatic heterocycles. The number of benzene rings is 2. The molecule has 2 aromatic carbocycles. The van der Waals surface area contributed by atoms with Gasteiger partial charge in [0.15, 0.2) is 6.61 Å². The van der Waals surface area contributed by atoms with Crippen LogP contribution in [0.1, 0.15) is 24.2 Å². The van der Waals surface area contributed by atoms with E-state index in [-0.39, 0.29) is 31.1 Å². The van der Waals surface area contributed by atoms with Gasteiger partial charge in [-0.2, -0.15) is 0 Å². The van der Waals surface area contributed by atoms with Crippen molar-refractivity contribution >= 4 is 22.6 Å². The number of piperazine rings is 1. The number of aliphatic hydroxyl groups is 1. The molecule has 1 heterocycles. The molecule has 2 amide bonds. The monoisotopic (exact) mass is 399 g/mol. The van der Waals surface area contributed by atoms with Gasteiger partial charge in [-0.3, -0.25) is 14.5 Å². The molecule has 0 atom stereocenters. The zero-order valence-corrected chi connectivity index (χ0v) is 17.1. The van der Waals surface area contributed by atoms with Crippen LogP contribution in [-0.4, -0.2) is 78.7 Å². The van der Waals surface area contributed by atoms with Crippen molar-refractivity contribution in [2.45, 2.75) is 19.9 Å². The van der Waals surface area contributed by atoms with Gasteiger partial charge in [-0.05, 0) is 36.8 Å². The van der Waals surface area contributed by atoms with Crippen molar-refractivity contribution < 1.29 is 19.4 Å². The minimum atomic E-state index is -0.218. The van der Waals surface area contributed by atoms with Crippen LogP contribution in [0.25, 0.3) is 10.8 Å². The fourth-order valence-electron chi connectivity index (χ4n) is 3.50. The highest BCUT2D eigenvalue weighted by atomic mass is 16.5. The van der Waals surface area contributed by atoms with Crippen LogP contribution in [0.15, 0.2) is 36.4 Å². The first-order chi connectivity index (χ1) is 14.0. The third-order valence-corrected chi connectivity index (χ3v) is 4.96. The van der Waals surface area contributed by atoms with Gasteiger partial charge in [0.05, 0.1) is 12.2 Å². The summed E-state index contributed by atoms with van der Waals surface area (Å²) in [7, 11) is 0. The number of β-amino-alcohol motifs (C(OH)–C–C–N with tert-alkyl or cyclic N) is 1. The number of nitrogens with zero attached hydrogens (tertiary/aromatic N) is 2. The van der Waals surface area contributed by atoms with Crippen molar-refractivity contribution in [1.29, 1.82) is 0 Å². The first-order valence-corrected chi connectivity index (χ1v) is 10.1. The standard InChI is InChI=1S/C22H29N3O4/c1-16(2)23-21(27)15-29-20-14-18-6-4-3-5-17(18)13-19(20)22(28)25-9-7-24(8-10-25)11-12-26/h3-6,13-14,16,26H,7-12,15H2,1-2H3,(H,23,27). The lowest BCUT2D eigenvalue weighted by Gasteiger charge is -2.34. The van der Waals surface area contributed by atoms with Crippen LogP contribution >= 0.6 is 0 Å². The molecule has 0 unspecified atom stereocenters. The normalized spacial score (nSPS) is 15.0. The summed E-state index contributed by atoms with van der Waals surface area (Å²) in [4.78, 5) is 29.2. The first kappa shape index (κ1) is 21.1. The lowest BCUT2D eigenvalue weighted by Crippen LogP contribution is -2.49. The molecule has 3 rings (SSSR count). The van der Waals surface area contributed by atoms with Gasteiger partial charge >= 0.3 is 0 Å². The molecule has 0 bridgehead atoms. The minimum absolute atomic E-state index is 0.0269. The Morgan fingerprint density at radius 2 is 1.76 bits per heavy atom. The Labute approximate surface area is 171 Å². The van der Waals surface area contributed by atoms with Gasteiger partial charge in [-0.15, -0.1) is 0 Å². The van der Waals surface area contributed by atoms with E-state index < -0.39 is 0 Å². The molecule has 0 aromatic heterocycles. The smallest absolute Gasteiger partial charge is 0.258 e. The van der Waals surface area contributed by atoms with Crippen molar-refractivity contribution in [3.63, 3.8) is 0 Å². The van der Waals surface area contributed by atoms with Crippen LogP contribution in [0.2, 0.25) is 0 Å². The van der Waals surface area contributed by atoms with E-state index in [0.717, 1.165) is 23.9 Å². The second-order valence-electron chi connectivity index (χ2n) is 7.56. The molecule has 0 saturated carbocycles. The number of nitrogens with one attached hydrogen (secondary N) is 1. The van der Waals surface area contributed by atoms with Crippen molar-refractivity contribution in [2.24, 2.45) is 0 Å². The largest absolute Gasteiger partial charge is 0.483 e.